The van der Waals surface area contributed by atoms with E-state index in [0.29, 0.717) is 29.4 Å². The Morgan fingerprint density at radius 3 is 2.87 bits per heavy atom. The van der Waals surface area contributed by atoms with Crippen molar-refractivity contribution in [3.8, 4) is 5.75 Å². The molecule has 3 nitrogen and oxygen atoms in total. The van der Waals surface area contributed by atoms with E-state index >= 15 is 0 Å². The molecule has 0 heterocycles. The van der Waals surface area contributed by atoms with Crippen molar-refractivity contribution in [2.45, 2.75) is 44.9 Å². The van der Waals surface area contributed by atoms with E-state index in [1.54, 1.807) is 6.07 Å². The van der Waals surface area contributed by atoms with Crippen LogP contribution in [0.5, 0.6) is 5.75 Å². The van der Waals surface area contributed by atoms with Crippen LogP contribution in [0.1, 0.15) is 38.7 Å². The fourth-order valence-electron chi connectivity index (χ4n) is 3.10. The molecule has 1 aliphatic carbocycles. The summed E-state index contributed by atoms with van der Waals surface area (Å²) >= 11 is 1.51. The van der Waals surface area contributed by atoms with Gasteiger partial charge in [-0.3, -0.25) is 4.79 Å². The quantitative estimate of drug-likeness (QED) is 0.851. The van der Waals surface area contributed by atoms with Crippen LogP contribution in [0.15, 0.2) is 18.2 Å². The van der Waals surface area contributed by atoms with Crippen molar-refractivity contribution in [1.29, 1.82) is 0 Å². The fourth-order valence-corrected chi connectivity index (χ4v) is 3.88. The molecular formula is C18H26FNO2S. The van der Waals surface area contributed by atoms with Gasteiger partial charge in [-0.25, -0.2) is 4.39 Å². The van der Waals surface area contributed by atoms with Crippen molar-refractivity contribution in [3.63, 3.8) is 0 Å². The standard InChI is InChI=1S/C18H26FNO2S/c1-12-5-4-6-16(13(12)2)20-18(21)11-23-10-14-7-8-17(22-3)15(19)9-14/h7-9,12-13,16H,4-6,10-11H2,1-3H3,(H,20,21)/t12-,13+,16-/m0/s1. The van der Waals surface area contributed by atoms with E-state index in [-0.39, 0.29) is 17.5 Å². The molecule has 1 fully saturated rings. The van der Waals surface area contributed by atoms with Gasteiger partial charge in [0.2, 0.25) is 5.91 Å². The summed E-state index contributed by atoms with van der Waals surface area (Å²) in [6, 6.07) is 5.22. The molecule has 0 aromatic heterocycles. The first-order valence-electron chi connectivity index (χ1n) is 8.20. The van der Waals surface area contributed by atoms with Crippen molar-refractivity contribution in [2.24, 2.45) is 11.8 Å². The number of rotatable bonds is 6. The molecule has 1 aromatic rings. The Kier molecular flexibility index (Phi) is 6.75. The first-order valence-corrected chi connectivity index (χ1v) is 9.36. The number of hydrogen-bond donors (Lipinski definition) is 1. The number of benzene rings is 1. The molecule has 0 bridgehead atoms. The minimum Gasteiger partial charge on any atom is -0.494 e. The van der Waals surface area contributed by atoms with Crippen LogP contribution >= 0.6 is 11.8 Å². The van der Waals surface area contributed by atoms with Gasteiger partial charge in [-0.1, -0.05) is 32.8 Å². The summed E-state index contributed by atoms with van der Waals surface area (Å²) < 4.78 is 18.5. The highest BCUT2D eigenvalue weighted by Crippen LogP contribution is 2.29. The third-order valence-corrected chi connectivity index (χ3v) is 5.78. The largest absolute Gasteiger partial charge is 0.494 e. The van der Waals surface area contributed by atoms with Crippen LogP contribution in [0.3, 0.4) is 0 Å². The van der Waals surface area contributed by atoms with E-state index < -0.39 is 0 Å². The molecule has 0 radical (unpaired) electrons. The van der Waals surface area contributed by atoms with Gasteiger partial charge in [0.25, 0.3) is 0 Å². The van der Waals surface area contributed by atoms with Crippen molar-refractivity contribution >= 4 is 17.7 Å². The van der Waals surface area contributed by atoms with E-state index in [4.69, 9.17) is 4.74 Å². The molecule has 3 atom stereocenters. The highest BCUT2D eigenvalue weighted by molar-refractivity contribution is 7.99. The Hall–Kier alpha value is -1.23. The Balaban J connectivity index is 1.75. The van der Waals surface area contributed by atoms with Gasteiger partial charge in [0.1, 0.15) is 0 Å². The number of halogens is 1. The van der Waals surface area contributed by atoms with Crippen molar-refractivity contribution in [2.75, 3.05) is 12.9 Å². The summed E-state index contributed by atoms with van der Waals surface area (Å²) in [4.78, 5) is 12.1. The topological polar surface area (TPSA) is 38.3 Å². The van der Waals surface area contributed by atoms with Crippen LogP contribution in [0.2, 0.25) is 0 Å². The minimum absolute atomic E-state index is 0.0786. The lowest BCUT2D eigenvalue weighted by Gasteiger charge is -2.34. The van der Waals surface area contributed by atoms with Crippen LogP contribution in [0, 0.1) is 17.7 Å². The second kappa shape index (κ2) is 8.57. The predicted octanol–water partition coefficient (Wildman–Crippen LogP) is 4.01. The number of hydrogen-bond acceptors (Lipinski definition) is 3. The van der Waals surface area contributed by atoms with Gasteiger partial charge in [0.05, 0.1) is 12.9 Å². The summed E-state index contributed by atoms with van der Waals surface area (Å²) in [6.45, 7) is 4.48. The smallest absolute Gasteiger partial charge is 0.230 e. The van der Waals surface area contributed by atoms with Gasteiger partial charge in [-0.2, -0.15) is 0 Å². The molecule has 0 aliphatic heterocycles. The highest BCUT2D eigenvalue weighted by Gasteiger charge is 2.27. The van der Waals surface area contributed by atoms with Gasteiger partial charge in [0.15, 0.2) is 11.6 Å². The fraction of sp³-hybridized carbons (Fsp3) is 0.611. The Morgan fingerprint density at radius 1 is 1.39 bits per heavy atom. The number of carbonyl (C=O) groups is 1. The van der Waals surface area contributed by atoms with Gasteiger partial charge in [-0.05, 0) is 36.0 Å². The van der Waals surface area contributed by atoms with E-state index in [0.717, 1.165) is 12.0 Å². The maximum absolute atomic E-state index is 13.6. The van der Waals surface area contributed by atoms with Crippen molar-refractivity contribution < 1.29 is 13.9 Å². The summed E-state index contributed by atoms with van der Waals surface area (Å²) in [5.41, 5.74) is 0.862. The van der Waals surface area contributed by atoms with Gasteiger partial charge in [0, 0.05) is 11.8 Å². The molecule has 0 spiro atoms. The summed E-state index contributed by atoms with van der Waals surface area (Å²) in [6.07, 6.45) is 3.52. The molecule has 1 aromatic carbocycles. The van der Waals surface area contributed by atoms with Crippen LogP contribution < -0.4 is 10.1 Å². The van der Waals surface area contributed by atoms with Gasteiger partial charge >= 0.3 is 0 Å². The number of amides is 1. The number of thioether (sulfide) groups is 1. The maximum atomic E-state index is 13.6. The molecule has 128 valence electrons. The number of carbonyl (C=O) groups excluding carboxylic acids is 1. The lowest BCUT2D eigenvalue weighted by molar-refractivity contribution is -0.119. The van der Waals surface area contributed by atoms with E-state index in [1.807, 2.05) is 6.07 Å². The average molecular weight is 339 g/mol. The molecule has 0 unspecified atom stereocenters. The molecule has 1 amide bonds. The Labute approximate surface area is 142 Å². The molecular weight excluding hydrogens is 313 g/mol. The lowest BCUT2D eigenvalue weighted by atomic mass is 9.78. The summed E-state index contributed by atoms with van der Waals surface area (Å²) in [5.74, 6) is 2.19. The normalized spacial score (nSPS) is 24.3. The van der Waals surface area contributed by atoms with Crippen LogP contribution in [-0.4, -0.2) is 24.8 Å². The van der Waals surface area contributed by atoms with Crippen LogP contribution in [0.25, 0.3) is 0 Å². The first kappa shape index (κ1) is 18.1. The predicted molar refractivity (Wildman–Crippen MR) is 93.2 cm³/mol. The van der Waals surface area contributed by atoms with Gasteiger partial charge < -0.3 is 10.1 Å². The maximum Gasteiger partial charge on any atom is 0.230 e. The molecule has 2 rings (SSSR count). The molecule has 23 heavy (non-hydrogen) atoms. The van der Waals surface area contributed by atoms with E-state index in [9.17, 15) is 9.18 Å². The van der Waals surface area contributed by atoms with Crippen LogP contribution in [-0.2, 0) is 10.5 Å². The third kappa shape index (κ3) is 5.13. The van der Waals surface area contributed by atoms with Gasteiger partial charge in [-0.15, -0.1) is 11.8 Å². The average Bonchev–Trinajstić information content (AvgIpc) is 2.52. The number of ether oxygens (including phenoxy) is 1. The van der Waals surface area contributed by atoms with Crippen molar-refractivity contribution in [3.05, 3.63) is 29.6 Å². The molecule has 1 saturated carbocycles. The van der Waals surface area contributed by atoms with E-state index in [1.165, 1.54) is 37.8 Å². The number of nitrogens with one attached hydrogen (secondary N) is 1. The summed E-state index contributed by atoms with van der Waals surface area (Å²) in [5, 5.41) is 3.16. The molecule has 5 heteroatoms. The Morgan fingerprint density at radius 2 is 2.17 bits per heavy atom. The zero-order valence-electron chi connectivity index (χ0n) is 14.1. The minimum atomic E-state index is -0.361. The molecule has 0 saturated heterocycles. The Bertz CT molecular complexity index is 538. The first-order chi connectivity index (χ1) is 11.0. The van der Waals surface area contributed by atoms with E-state index in [2.05, 4.69) is 19.2 Å². The number of methoxy groups -OCH3 is 1. The zero-order chi connectivity index (χ0) is 16.8. The lowest BCUT2D eigenvalue weighted by Crippen LogP contribution is -2.44. The third-order valence-electron chi connectivity index (χ3n) is 4.77. The molecule has 1 aliphatic rings. The SMILES string of the molecule is COc1ccc(CSCC(=O)N[C@H]2CCC[C@H](C)[C@H]2C)cc1F. The second-order valence-corrected chi connectivity index (χ2v) is 7.39. The zero-order valence-corrected chi connectivity index (χ0v) is 14.9. The summed E-state index contributed by atoms with van der Waals surface area (Å²) in [7, 11) is 1.45. The van der Waals surface area contributed by atoms with Crippen molar-refractivity contribution in [1.82, 2.24) is 5.32 Å². The monoisotopic (exact) mass is 339 g/mol. The molecule has 1 N–H and O–H groups in total. The highest BCUT2D eigenvalue weighted by atomic mass is 32.2. The van der Waals surface area contributed by atoms with Crippen LogP contribution in [0.4, 0.5) is 4.39 Å². The second-order valence-electron chi connectivity index (χ2n) is 6.40.